The van der Waals surface area contributed by atoms with Crippen LogP contribution in [-0.2, 0) is 0 Å². The van der Waals surface area contributed by atoms with Crippen LogP contribution in [0.3, 0.4) is 0 Å². The summed E-state index contributed by atoms with van der Waals surface area (Å²) in [6, 6.07) is 15.1. The molecule has 22 heavy (non-hydrogen) atoms. The lowest BCUT2D eigenvalue weighted by molar-refractivity contribution is 0.381. The summed E-state index contributed by atoms with van der Waals surface area (Å²) in [5.74, 6) is 1.97. The number of nitrogens with one attached hydrogen (secondary N) is 1. The maximum absolute atomic E-state index is 5.59. The Morgan fingerprint density at radius 3 is 2.77 bits per heavy atom. The number of hydrogen-bond acceptors (Lipinski definition) is 2. The van der Waals surface area contributed by atoms with E-state index in [1.807, 2.05) is 12.1 Å². The van der Waals surface area contributed by atoms with Gasteiger partial charge in [0.1, 0.15) is 5.75 Å². The lowest BCUT2D eigenvalue weighted by atomic mass is 9.77. The minimum atomic E-state index is 0.266. The van der Waals surface area contributed by atoms with Crippen LogP contribution in [0.2, 0.25) is 0 Å². The largest absolute Gasteiger partial charge is 0.496 e. The molecule has 1 N–H and O–H groups in total. The number of halogens is 1. The van der Waals surface area contributed by atoms with Gasteiger partial charge >= 0.3 is 0 Å². The Morgan fingerprint density at radius 2 is 1.91 bits per heavy atom. The van der Waals surface area contributed by atoms with Crippen LogP contribution in [-0.4, -0.2) is 7.11 Å². The van der Waals surface area contributed by atoms with Gasteiger partial charge in [-0.1, -0.05) is 42.5 Å². The van der Waals surface area contributed by atoms with E-state index in [-0.39, 0.29) is 6.04 Å². The molecule has 0 amide bonds. The third kappa shape index (κ3) is 2.07. The second kappa shape index (κ2) is 5.47. The summed E-state index contributed by atoms with van der Waals surface area (Å²) in [6.07, 6.45) is 5.78. The first-order valence-electron chi connectivity index (χ1n) is 7.64. The standard InChI is InChI=1S/C19H18BrNO/c1-22-17-11-3-2-6-15(17)18-13-8-4-7-12(13)14-9-5-10-16(20)19(14)21-18/h2-7,9-13,18,21H,8H2,1H3/t12-,13+,18+/m0/s1. The zero-order valence-corrected chi connectivity index (χ0v) is 14.0. The molecule has 2 aromatic rings. The predicted molar refractivity (Wildman–Crippen MR) is 93.5 cm³/mol. The molecular weight excluding hydrogens is 338 g/mol. The normalized spacial score (nSPS) is 25.3. The summed E-state index contributed by atoms with van der Waals surface area (Å²) in [5.41, 5.74) is 3.84. The van der Waals surface area contributed by atoms with E-state index < -0.39 is 0 Å². The lowest BCUT2D eigenvalue weighted by Gasteiger charge is -2.38. The molecule has 0 spiro atoms. The molecule has 3 atom stereocenters. The van der Waals surface area contributed by atoms with Crippen LogP contribution in [0.5, 0.6) is 5.75 Å². The van der Waals surface area contributed by atoms with Gasteiger partial charge in [-0.05, 0) is 46.0 Å². The van der Waals surface area contributed by atoms with Gasteiger partial charge in [0.2, 0.25) is 0 Å². The number of rotatable bonds is 2. The van der Waals surface area contributed by atoms with E-state index in [2.05, 4.69) is 63.7 Å². The Morgan fingerprint density at radius 1 is 1.09 bits per heavy atom. The molecule has 0 aromatic heterocycles. The van der Waals surface area contributed by atoms with Gasteiger partial charge in [0.15, 0.2) is 0 Å². The van der Waals surface area contributed by atoms with Crippen LogP contribution in [0.25, 0.3) is 0 Å². The summed E-state index contributed by atoms with van der Waals surface area (Å²) >= 11 is 3.70. The zero-order chi connectivity index (χ0) is 15.1. The van der Waals surface area contributed by atoms with Crippen molar-refractivity contribution < 1.29 is 4.74 Å². The maximum Gasteiger partial charge on any atom is 0.124 e. The van der Waals surface area contributed by atoms with Gasteiger partial charge in [0, 0.05) is 16.0 Å². The Hall–Kier alpha value is -1.74. The molecule has 112 valence electrons. The molecule has 1 aliphatic carbocycles. The van der Waals surface area contributed by atoms with E-state index in [1.165, 1.54) is 16.8 Å². The molecule has 0 saturated heterocycles. The van der Waals surface area contributed by atoms with Gasteiger partial charge in [0.25, 0.3) is 0 Å². The van der Waals surface area contributed by atoms with Gasteiger partial charge in [-0.15, -0.1) is 0 Å². The van der Waals surface area contributed by atoms with E-state index in [0.29, 0.717) is 11.8 Å². The van der Waals surface area contributed by atoms with E-state index in [1.54, 1.807) is 7.11 Å². The van der Waals surface area contributed by atoms with Crippen LogP contribution in [0.1, 0.15) is 29.5 Å². The maximum atomic E-state index is 5.59. The number of fused-ring (bicyclic) bond motifs is 3. The van der Waals surface area contributed by atoms with Crippen molar-refractivity contribution in [3.8, 4) is 5.75 Å². The van der Waals surface area contributed by atoms with Crippen molar-refractivity contribution in [1.29, 1.82) is 0 Å². The van der Waals surface area contributed by atoms with Gasteiger partial charge < -0.3 is 10.1 Å². The van der Waals surface area contributed by atoms with Crippen LogP contribution < -0.4 is 10.1 Å². The highest BCUT2D eigenvalue weighted by atomic mass is 79.9. The number of allylic oxidation sites excluding steroid dienone is 2. The highest BCUT2D eigenvalue weighted by Gasteiger charge is 2.39. The third-order valence-corrected chi connectivity index (χ3v) is 5.48. The number of para-hydroxylation sites is 2. The molecule has 2 aliphatic rings. The fourth-order valence-corrected chi connectivity index (χ4v) is 4.31. The van der Waals surface area contributed by atoms with E-state index in [9.17, 15) is 0 Å². The van der Waals surface area contributed by atoms with Crippen molar-refractivity contribution >= 4 is 21.6 Å². The topological polar surface area (TPSA) is 21.3 Å². The molecule has 0 fully saturated rings. The monoisotopic (exact) mass is 355 g/mol. The number of ether oxygens (including phenoxy) is 1. The SMILES string of the molecule is COc1ccccc1[C@@H]1Nc2c(Br)cccc2[C@H]2C=CC[C@H]21. The Labute approximate surface area is 139 Å². The van der Waals surface area contributed by atoms with Crippen molar-refractivity contribution in [3.05, 3.63) is 70.2 Å². The molecule has 0 saturated carbocycles. The van der Waals surface area contributed by atoms with E-state index in [4.69, 9.17) is 4.74 Å². The summed E-state index contributed by atoms with van der Waals surface area (Å²) in [6.45, 7) is 0. The number of benzene rings is 2. The second-order valence-corrected chi connectivity index (χ2v) is 6.78. The fraction of sp³-hybridized carbons (Fsp3) is 0.263. The molecule has 1 heterocycles. The third-order valence-electron chi connectivity index (χ3n) is 4.82. The molecule has 2 nitrogen and oxygen atoms in total. The van der Waals surface area contributed by atoms with Gasteiger partial charge in [-0.25, -0.2) is 0 Å². The molecule has 0 bridgehead atoms. The average Bonchev–Trinajstić information content (AvgIpc) is 3.04. The lowest BCUT2D eigenvalue weighted by Crippen LogP contribution is -2.29. The Bertz CT molecular complexity index is 740. The molecule has 0 unspecified atom stereocenters. The van der Waals surface area contributed by atoms with Crippen LogP contribution in [0, 0.1) is 5.92 Å². The zero-order valence-electron chi connectivity index (χ0n) is 12.4. The smallest absolute Gasteiger partial charge is 0.124 e. The molecule has 2 aromatic carbocycles. The Balaban J connectivity index is 1.84. The molecule has 1 aliphatic heterocycles. The molecular formula is C19H18BrNO. The summed E-state index contributed by atoms with van der Waals surface area (Å²) in [5, 5.41) is 3.76. The quantitative estimate of drug-likeness (QED) is 0.739. The fourth-order valence-electron chi connectivity index (χ4n) is 3.81. The van der Waals surface area contributed by atoms with Crippen LogP contribution in [0.15, 0.2) is 59.1 Å². The first kappa shape index (κ1) is 13.9. The number of anilines is 1. The van der Waals surface area contributed by atoms with Crippen molar-refractivity contribution in [2.24, 2.45) is 5.92 Å². The first-order chi connectivity index (χ1) is 10.8. The van der Waals surface area contributed by atoms with E-state index >= 15 is 0 Å². The second-order valence-electron chi connectivity index (χ2n) is 5.92. The van der Waals surface area contributed by atoms with Gasteiger partial charge in [-0.2, -0.15) is 0 Å². The average molecular weight is 356 g/mol. The highest BCUT2D eigenvalue weighted by Crippen LogP contribution is 2.52. The summed E-state index contributed by atoms with van der Waals surface area (Å²) in [4.78, 5) is 0. The number of methoxy groups -OCH3 is 1. The highest BCUT2D eigenvalue weighted by molar-refractivity contribution is 9.10. The molecule has 0 radical (unpaired) electrons. The van der Waals surface area contributed by atoms with Crippen LogP contribution >= 0.6 is 15.9 Å². The number of hydrogen-bond donors (Lipinski definition) is 1. The van der Waals surface area contributed by atoms with Crippen molar-refractivity contribution in [2.75, 3.05) is 12.4 Å². The molecule has 4 rings (SSSR count). The van der Waals surface area contributed by atoms with Gasteiger partial charge in [-0.3, -0.25) is 0 Å². The molecule has 3 heteroatoms. The van der Waals surface area contributed by atoms with Crippen LogP contribution in [0.4, 0.5) is 5.69 Å². The summed E-state index contributed by atoms with van der Waals surface area (Å²) in [7, 11) is 1.75. The van der Waals surface area contributed by atoms with Crippen molar-refractivity contribution in [2.45, 2.75) is 18.4 Å². The van der Waals surface area contributed by atoms with E-state index in [0.717, 1.165) is 16.6 Å². The van der Waals surface area contributed by atoms with Gasteiger partial charge in [0.05, 0.1) is 18.8 Å². The minimum absolute atomic E-state index is 0.266. The summed E-state index contributed by atoms with van der Waals surface area (Å²) < 4.78 is 6.72. The Kier molecular flexibility index (Phi) is 3.45. The predicted octanol–water partition coefficient (Wildman–Crippen LogP) is 5.28. The van der Waals surface area contributed by atoms with Crippen molar-refractivity contribution in [1.82, 2.24) is 0 Å². The van der Waals surface area contributed by atoms with Crippen molar-refractivity contribution in [3.63, 3.8) is 0 Å². The minimum Gasteiger partial charge on any atom is -0.496 e. The first-order valence-corrected chi connectivity index (χ1v) is 8.43.